The lowest BCUT2D eigenvalue weighted by Crippen LogP contribution is -2.07. The quantitative estimate of drug-likeness (QED) is 0.671. The van der Waals surface area contributed by atoms with Crippen molar-refractivity contribution in [3.8, 4) is 0 Å². The maximum atomic E-state index is 5.84. The van der Waals surface area contributed by atoms with E-state index in [1.165, 1.54) is 11.9 Å². The highest BCUT2D eigenvalue weighted by Crippen LogP contribution is 2.09. The summed E-state index contributed by atoms with van der Waals surface area (Å²) in [5.74, 6) is 0. The lowest BCUT2D eigenvalue weighted by atomic mass is 10.1. The fourth-order valence-corrected chi connectivity index (χ4v) is 0.938. The molecule has 64 valence electrons. The third-order valence-electron chi connectivity index (χ3n) is 1.48. The average Bonchev–Trinajstić information content (AvgIpc) is 2.05. The number of rotatable bonds is 2. The van der Waals surface area contributed by atoms with Crippen LogP contribution in [-0.2, 0) is 0 Å². The van der Waals surface area contributed by atoms with Gasteiger partial charge in [-0.25, -0.2) is 9.97 Å². The van der Waals surface area contributed by atoms with Gasteiger partial charge in [-0.15, -0.1) is 0 Å². The highest BCUT2D eigenvalue weighted by Gasteiger charge is 2.00. The first kappa shape index (κ1) is 8.87. The zero-order valence-corrected chi connectivity index (χ0v) is 7.36. The first-order chi connectivity index (χ1) is 5.70. The third-order valence-corrected chi connectivity index (χ3v) is 1.48. The molecular formula is C9H13N3. The Bertz CT molecular complexity index is 262. The normalized spacial score (nSPS) is 12.2. The molecule has 0 fully saturated rings. The van der Waals surface area contributed by atoms with Crippen molar-refractivity contribution < 1.29 is 0 Å². The molecule has 3 nitrogen and oxygen atoms in total. The number of hydrogen-bond acceptors (Lipinski definition) is 3. The molecule has 0 saturated heterocycles. The van der Waals surface area contributed by atoms with Crippen LogP contribution >= 0.6 is 0 Å². The van der Waals surface area contributed by atoms with Gasteiger partial charge in [-0.1, -0.05) is 11.6 Å². The van der Waals surface area contributed by atoms with Gasteiger partial charge < -0.3 is 5.73 Å². The van der Waals surface area contributed by atoms with Gasteiger partial charge in [0.25, 0.3) is 0 Å². The van der Waals surface area contributed by atoms with Gasteiger partial charge in [-0.05, 0) is 13.8 Å². The topological polar surface area (TPSA) is 51.8 Å². The summed E-state index contributed by atoms with van der Waals surface area (Å²) < 4.78 is 0. The Kier molecular flexibility index (Phi) is 2.94. The van der Waals surface area contributed by atoms with Crippen LogP contribution in [0.4, 0.5) is 0 Å². The van der Waals surface area contributed by atoms with Gasteiger partial charge >= 0.3 is 0 Å². The Morgan fingerprint density at radius 3 is 2.50 bits per heavy atom. The number of nitrogens with zero attached hydrogens (tertiary/aromatic N) is 2. The highest BCUT2D eigenvalue weighted by molar-refractivity contribution is 5.16. The standard InChI is InChI=1S/C9H13N3/c1-7(2)3-9(10)8-4-11-6-12-5-8/h3-6,9H,10H2,1-2H3. The number of hydrogen-bond donors (Lipinski definition) is 1. The molecule has 1 aromatic heterocycles. The summed E-state index contributed by atoms with van der Waals surface area (Å²) in [5.41, 5.74) is 7.98. The van der Waals surface area contributed by atoms with Gasteiger partial charge in [-0.3, -0.25) is 0 Å². The molecule has 1 rings (SSSR count). The summed E-state index contributed by atoms with van der Waals surface area (Å²) in [7, 11) is 0. The van der Waals surface area contributed by atoms with E-state index in [1.54, 1.807) is 12.4 Å². The molecule has 0 saturated carbocycles. The van der Waals surface area contributed by atoms with E-state index in [0.717, 1.165) is 5.56 Å². The van der Waals surface area contributed by atoms with Crippen LogP contribution in [0.3, 0.4) is 0 Å². The molecule has 1 aromatic rings. The van der Waals surface area contributed by atoms with Crippen LogP contribution in [0.25, 0.3) is 0 Å². The van der Waals surface area contributed by atoms with Crippen molar-refractivity contribution in [2.45, 2.75) is 19.9 Å². The summed E-state index contributed by atoms with van der Waals surface area (Å²) in [5, 5.41) is 0. The van der Waals surface area contributed by atoms with E-state index in [-0.39, 0.29) is 6.04 Å². The zero-order valence-electron chi connectivity index (χ0n) is 7.36. The van der Waals surface area contributed by atoms with E-state index < -0.39 is 0 Å². The minimum absolute atomic E-state index is 0.0869. The monoisotopic (exact) mass is 163 g/mol. The summed E-state index contributed by atoms with van der Waals surface area (Å²) in [6.45, 7) is 4.04. The molecule has 0 aliphatic carbocycles. The third kappa shape index (κ3) is 2.43. The van der Waals surface area contributed by atoms with Gasteiger partial charge in [0.05, 0.1) is 6.04 Å². The smallest absolute Gasteiger partial charge is 0.115 e. The Morgan fingerprint density at radius 2 is 2.00 bits per heavy atom. The van der Waals surface area contributed by atoms with Gasteiger partial charge in [0.15, 0.2) is 0 Å². The minimum atomic E-state index is -0.0869. The van der Waals surface area contributed by atoms with E-state index in [0.29, 0.717) is 0 Å². The average molecular weight is 163 g/mol. The van der Waals surface area contributed by atoms with Crippen LogP contribution in [0.2, 0.25) is 0 Å². The van der Waals surface area contributed by atoms with Crippen molar-refractivity contribution in [1.29, 1.82) is 0 Å². The molecule has 0 aromatic carbocycles. The Hall–Kier alpha value is -1.22. The first-order valence-corrected chi connectivity index (χ1v) is 3.85. The van der Waals surface area contributed by atoms with Crippen LogP contribution in [0.5, 0.6) is 0 Å². The predicted molar refractivity (Wildman–Crippen MR) is 48.4 cm³/mol. The lowest BCUT2D eigenvalue weighted by molar-refractivity contribution is 0.875. The molecule has 0 bridgehead atoms. The predicted octanol–water partition coefficient (Wildman–Crippen LogP) is 1.44. The van der Waals surface area contributed by atoms with E-state index in [4.69, 9.17) is 5.73 Å². The van der Waals surface area contributed by atoms with Crippen molar-refractivity contribution >= 4 is 0 Å². The summed E-state index contributed by atoms with van der Waals surface area (Å²) >= 11 is 0. The summed E-state index contributed by atoms with van der Waals surface area (Å²) in [6.07, 6.45) is 6.95. The van der Waals surface area contributed by atoms with Crippen LogP contribution in [0, 0.1) is 0 Å². The molecular weight excluding hydrogens is 150 g/mol. The lowest BCUT2D eigenvalue weighted by Gasteiger charge is -2.05. The molecule has 0 aliphatic rings. The van der Waals surface area contributed by atoms with E-state index in [9.17, 15) is 0 Å². The van der Waals surface area contributed by atoms with Gasteiger partial charge in [0.1, 0.15) is 6.33 Å². The van der Waals surface area contributed by atoms with E-state index in [1.807, 2.05) is 19.9 Å². The van der Waals surface area contributed by atoms with Crippen LogP contribution in [0.1, 0.15) is 25.5 Å². The second-order valence-electron chi connectivity index (χ2n) is 2.94. The zero-order chi connectivity index (χ0) is 8.97. The number of allylic oxidation sites excluding steroid dienone is 1. The maximum Gasteiger partial charge on any atom is 0.115 e. The van der Waals surface area contributed by atoms with Crippen LogP contribution < -0.4 is 5.73 Å². The largest absolute Gasteiger partial charge is 0.321 e. The van der Waals surface area contributed by atoms with Gasteiger partial charge in [0.2, 0.25) is 0 Å². The molecule has 0 radical (unpaired) electrons. The summed E-state index contributed by atoms with van der Waals surface area (Å²) in [6, 6.07) is -0.0869. The number of aromatic nitrogens is 2. The Morgan fingerprint density at radius 1 is 1.42 bits per heavy atom. The van der Waals surface area contributed by atoms with Crippen molar-refractivity contribution in [3.05, 3.63) is 35.9 Å². The molecule has 0 amide bonds. The van der Waals surface area contributed by atoms with Crippen molar-refractivity contribution in [2.75, 3.05) is 0 Å². The van der Waals surface area contributed by atoms with Crippen molar-refractivity contribution in [3.63, 3.8) is 0 Å². The minimum Gasteiger partial charge on any atom is -0.321 e. The van der Waals surface area contributed by atoms with E-state index in [2.05, 4.69) is 9.97 Å². The number of nitrogens with two attached hydrogens (primary N) is 1. The molecule has 1 atom stereocenters. The van der Waals surface area contributed by atoms with Gasteiger partial charge in [0, 0.05) is 18.0 Å². The van der Waals surface area contributed by atoms with E-state index >= 15 is 0 Å². The molecule has 0 aliphatic heterocycles. The summed E-state index contributed by atoms with van der Waals surface area (Å²) in [4.78, 5) is 7.79. The SMILES string of the molecule is CC(C)=CC(N)c1cncnc1. The second kappa shape index (κ2) is 3.97. The maximum absolute atomic E-state index is 5.84. The molecule has 2 N–H and O–H groups in total. The highest BCUT2D eigenvalue weighted by atomic mass is 14.8. The fraction of sp³-hybridized carbons (Fsp3) is 0.333. The first-order valence-electron chi connectivity index (χ1n) is 3.85. The second-order valence-corrected chi connectivity index (χ2v) is 2.94. The molecule has 3 heteroatoms. The molecule has 1 heterocycles. The van der Waals surface area contributed by atoms with Crippen molar-refractivity contribution in [1.82, 2.24) is 9.97 Å². The van der Waals surface area contributed by atoms with Crippen LogP contribution in [0.15, 0.2) is 30.4 Å². The molecule has 12 heavy (non-hydrogen) atoms. The Balaban J connectivity index is 2.79. The molecule has 0 spiro atoms. The fourth-order valence-electron chi connectivity index (χ4n) is 0.938. The Labute approximate surface area is 72.3 Å². The van der Waals surface area contributed by atoms with Gasteiger partial charge in [-0.2, -0.15) is 0 Å². The van der Waals surface area contributed by atoms with Crippen LogP contribution in [-0.4, -0.2) is 9.97 Å². The van der Waals surface area contributed by atoms with Crippen molar-refractivity contribution in [2.24, 2.45) is 5.73 Å². The molecule has 1 unspecified atom stereocenters.